The van der Waals surface area contributed by atoms with Gasteiger partial charge in [-0.2, -0.15) is 0 Å². The van der Waals surface area contributed by atoms with Crippen LogP contribution in [0.25, 0.3) is 0 Å². The van der Waals surface area contributed by atoms with Crippen LogP contribution in [0.2, 0.25) is 0 Å². The number of nitrogens with zero attached hydrogens (tertiary/aromatic N) is 2. The Morgan fingerprint density at radius 2 is 1.93 bits per heavy atom. The lowest BCUT2D eigenvalue weighted by molar-refractivity contribution is 0.0940. The first-order valence-electron chi connectivity index (χ1n) is 9.59. The molecule has 4 nitrogen and oxygen atoms in total. The highest BCUT2D eigenvalue weighted by Gasteiger charge is 2.15. The van der Waals surface area contributed by atoms with Crippen LogP contribution in [0.1, 0.15) is 57.8 Å². The van der Waals surface area contributed by atoms with Crippen LogP contribution in [0, 0.1) is 6.92 Å². The Hall–Kier alpha value is -2.88. The zero-order valence-electron chi connectivity index (χ0n) is 15.9. The summed E-state index contributed by atoms with van der Waals surface area (Å²) >= 11 is 0. The van der Waals surface area contributed by atoms with Crippen LogP contribution in [-0.2, 0) is 19.4 Å². The lowest BCUT2D eigenvalue weighted by atomic mass is 10.0. The van der Waals surface area contributed by atoms with Crippen LogP contribution in [-0.4, -0.2) is 15.5 Å². The van der Waals surface area contributed by atoms with Gasteiger partial charge < -0.3 is 9.88 Å². The van der Waals surface area contributed by atoms with Crippen molar-refractivity contribution in [1.29, 1.82) is 0 Å². The molecule has 138 valence electrons. The van der Waals surface area contributed by atoms with Gasteiger partial charge in [-0.1, -0.05) is 30.3 Å². The molecule has 0 bridgehead atoms. The van der Waals surface area contributed by atoms with Gasteiger partial charge in [0.2, 0.25) is 0 Å². The van der Waals surface area contributed by atoms with E-state index in [4.69, 9.17) is 0 Å². The van der Waals surface area contributed by atoms with E-state index in [9.17, 15) is 4.79 Å². The van der Waals surface area contributed by atoms with Gasteiger partial charge in [-0.25, -0.2) is 4.98 Å². The summed E-state index contributed by atoms with van der Waals surface area (Å²) in [5, 5.41) is 3.12. The number of amides is 1. The molecule has 0 radical (unpaired) electrons. The molecule has 0 spiro atoms. The molecule has 1 heterocycles. The fourth-order valence-corrected chi connectivity index (χ4v) is 3.75. The molecule has 0 saturated carbocycles. The average Bonchev–Trinajstić information content (AvgIpc) is 3.30. The number of carbonyl (C=O) groups excluding carboxylic acids is 1. The Balaban J connectivity index is 1.41. The van der Waals surface area contributed by atoms with Crippen LogP contribution < -0.4 is 5.32 Å². The standard InChI is InChI=1S/C23H25N3O/c1-16(21-11-10-19-4-3-5-22(19)14-21)25-23(27)20-8-6-18(7-9-20)15-26-13-12-24-17(26)2/h6-14,16H,3-5,15H2,1-2H3,(H,25,27). The van der Waals surface area contributed by atoms with E-state index < -0.39 is 0 Å². The fraction of sp³-hybridized carbons (Fsp3) is 0.304. The molecule has 1 aromatic heterocycles. The molecular formula is C23H25N3O. The predicted molar refractivity (Wildman–Crippen MR) is 107 cm³/mol. The predicted octanol–water partition coefficient (Wildman–Crippen LogP) is 4.22. The molecule has 0 saturated heterocycles. The Kier molecular flexibility index (Phi) is 4.80. The number of benzene rings is 2. The van der Waals surface area contributed by atoms with Crippen molar-refractivity contribution < 1.29 is 4.79 Å². The Morgan fingerprint density at radius 1 is 1.15 bits per heavy atom. The summed E-state index contributed by atoms with van der Waals surface area (Å²) in [5.41, 5.74) is 5.92. The minimum absolute atomic E-state index is 0.00308. The molecule has 0 fully saturated rings. The molecule has 1 unspecified atom stereocenters. The zero-order valence-corrected chi connectivity index (χ0v) is 15.9. The van der Waals surface area contributed by atoms with Crippen LogP contribution in [0.3, 0.4) is 0 Å². The van der Waals surface area contributed by atoms with Crippen LogP contribution >= 0.6 is 0 Å². The van der Waals surface area contributed by atoms with Gasteiger partial charge >= 0.3 is 0 Å². The second kappa shape index (κ2) is 7.39. The number of fused-ring (bicyclic) bond motifs is 1. The SMILES string of the molecule is Cc1nccn1Cc1ccc(C(=O)NC(C)c2ccc3c(c2)CCC3)cc1. The second-order valence-corrected chi connectivity index (χ2v) is 7.38. The van der Waals surface area contributed by atoms with E-state index in [2.05, 4.69) is 33.1 Å². The van der Waals surface area contributed by atoms with E-state index in [1.165, 1.54) is 29.5 Å². The summed E-state index contributed by atoms with van der Waals surface area (Å²) in [7, 11) is 0. The molecule has 27 heavy (non-hydrogen) atoms. The molecule has 4 heteroatoms. The largest absolute Gasteiger partial charge is 0.346 e. The lowest BCUT2D eigenvalue weighted by Crippen LogP contribution is -2.26. The quantitative estimate of drug-likeness (QED) is 0.741. The summed E-state index contributed by atoms with van der Waals surface area (Å²) in [6, 6.07) is 14.4. The van der Waals surface area contributed by atoms with Crippen LogP contribution in [0.15, 0.2) is 54.9 Å². The van der Waals surface area contributed by atoms with E-state index in [0.717, 1.165) is 24.4 Å². The average molecular weight is 359 g/mol. The van der Waals surface area contributed by atoms with Crippen molar-refractivity contribution in [2.24, 2.45) is 0 Å². The fourth-order valence-electron chi connectivity index (χ4n) is 3.75. The Morgan fingerprint density at radius 3 is 2.67 bits per heavy atom. The van der Waals surface area contributed by atoms with Crippen molar-refractivity contribution in [2.75, 3.05) is 0 Å². The first-order valence-corrected chi connectivity index (χ1v) is 9.59. The van der Waals surface area contributed by atoms with Gasteiger partial charge in [0.25, 0.3) is 5.91 Å². The van der Waals surface area contributed by atoms with Gasteiger partial charge in [-0.3, -0.25) is 4.79 Å². The summed E-state index contributed by atoms with van der Waals surface area (Å²) in [6.07, 6.45) is 7.35. The second-order valence-electron chi connectivity index (χ2n) is 7.38. The third-order valence-corrected chi connectivity index (χ3v) is 5.46. The maximum Gasteiger partial charge on any atom is 0.251 e. The maximum absolute atomic E-state index is 12.6. The molecule has 0 aliphatic heterocycles. The van der Waals surface area contributed by atoms with Crippen molar-refractivity contribution >= 4 is 5.91 Å². The first kappa shape index (κ1) is 17.5. The van der Waals surface area contributed by atoms with Crippen LogP contribution in [0.5, 0.6) is 0 Å². The van der Waals surface area contributed by atoms with Gasteiger partial charge in [0.15, 0.2) is 0 Å². The van der Waals surface area contributed by atoms with E-state index in [1.54, 1.807) is 6.20 Å². The highest BCUT2D eigenvalue weighted by molar-refractivity contribution is 5.94. The smallest absolute Gasteiger partial charge is 0.251 e. The number of hydrogen-bond acceptors (Lipinski definition) is 2. The van der Waals surface area contributed by atoms with Gasteiger partial charge in [-0.15, -0.1) is 0 Å². The number of nitrogens with one attached hydrogen (secondary N) is 1. The molecular weight excluding hydrogens is 334 g/mol. The topological polar surface area (TPSA) is 46.9 Å². The highest BCUT2D eigenvalue weighted by Crippen LogP contribution is 2.25. The normalized spacial score (nSPS) is 14.0. The monoisotopic (exact) mass is 359 g/mol. The van der Waals surface area contributed by atoms with Crippen molar-refractivity contribution in [2.45, 2.75) is 45.7 Å². The summed E-state index contributed by atoms with van der Waals surface area (Å²) in [6.45, 7) is 4.80. The Bertz CT molecular complexity index is 956. The van der Waals surface area contributed by atoms with Gasteiger partial charge in [0.1, 0.15) is 5.82 Å². The van der Waals surface area contributed by atoms with Crippen molar-refractivity contribution in [1.82, 2.24) is 14.9 Å². The summed E-state index contributed by atoms with van der Waals surface area (Å²) < 4.78 is 2.09. The molecule has 1 N–H and O–H groups in total. The first-order chi connectivity index (χ1) is 13.1. The third kappa shape index (κ3) is 3.80. The number of imidazole rings is 1. The summed E-state index contributed by atoms with van der Waals surface area (Å²) in [5.74, 6) is 0.952. The molecule has 1 amide bonds. The summed E-state index contributed by atoms with van der Waals surface area (Å²) in [4.78, 5) is 16.9. The number of aromatic nitrogens is 2. The lowest BCUT2D eigenvalue weighted by Gasteiger charge is -2.16. The van der Waals surface area contributed by atoms with Crippen molar-refractivity contribution in [3.63, 3.8) is 0 Å². The van der Waals surface area contributed by atoms with Crippen molar-refractivity contribution in [3.05, 3.63) is 88.5 Å². The van der Waals surface area contributed by atoms with Gasteiger partial charge in [0.05, 0.1) is 6.04 Å². The van der Waals surface area contributed by atoms with Gasteiger partial charge in [-0.05, 0) is 67.5 Å². The minimum Gasteiger partial charge on any atom is -0.346 e. The molecule has 3 aromatic rings. The van der Waals surface area contributed by atoms with Crippen LogP contribution in [0.4, 0.5) is 0 Å². The molecule has 1 atom stereocenters. The number of hydrogen-bond donors (Lipinski definition) is 1. The van der Waals surface area contributed by atoms with Gasteiger partial charge in [0, 0.05) is 24.5 Å². The minimum atomic E-state index is -0.0339. The van der Waals surface area contributed by atoms with E-state index >= 15 is 0 Å². The third-order valence-electron chi connectivity index (χ3n) is 5.46. The maximum atomic E-state index is 12.6. The molecule has 4 rings (SSSR count). The molecule has 1 aliphatic carbocycles. The number of rotatable bonds is 5. The zero-order chi connectivity index (χ0) is 18.8. The van der Waals surface area contributed by atoms with E-state index in [1.807, 2.05) is 44.3 Å². The highest BCUT2D eigenvalue weighted by atomic mass is 16.1. The number of carbonyl (C=O) groups is 1. The Labute approximate surface area is 160 Å². The molecule has 2 aromatic carbocycles. The van der Waals surface area contributed by atoms with E-state index in [-0.39, 0.29) is 11.9 Å². The molecule has 1 aliphatic rings. The van der Waals surface area contributed by atoms with Crippen molar-refractivity contribution in [3.8, 4) is 0 Å². The number of aryl methyl sites for hydroxylation is 3. The van der Waals surface area contributed by atoms with E-state index in [0.29, 0.717) is 5.56 Å².